The molecule has 84 valence electrons. The molecule has 3 heteroatoms. The lowest BCUT2D eigenvalue weighted by Crippen LogP contribution is -2.22. The van der Waals surface area contributed by atoms with Crippen LogP contribution in [0.25, 0.3) is 0 Å². The lowest BCUT2D eigenvalue weighted by atomic mass is 10.1. The van der Waals surface area contributed by atoms with E-state index < -0.39 is 0 Å². The maximum atomic E-state index is 6.13. The highest BCUT2D eigenvalue weighted by molar-refractivity contribution is 6.31. The topological polar surface area (TPSA) is 21.3 Å². The van der Waals surface area contributed by atoms with E-state index in [1.807, 2.05) is 45.2 Å². The van der Waals surface area contributed by atoms with Crippen molar-refractivity contribution >= 4 is 11.6 Å². The van der Waals surface area contributed by atoms with Crippen molar-refractivity contribution < 1.29 is 4.74 Å². The Labute approximate surface area is 96.6 Å². The summed E-state index contributed by atoms with van der Waals surface area (Å²) in [6.07, 6.45) is 0.211. The molecule has 0 spiro atoms. The van der Waals surface area contributed by atoms with Crippen LogP contribution in [0, 0.1) is 0 Å². The van der Waals surface area contributed by atoms with Gasteiger partial charge >= 0.3 is 0 Å². The normalized spacial score (nSPS) is 13.1. The summed E-state index contributed by atoms with van der Waals surface area (Å²) in [6, 6.07) is 7.81. The van der Waals surface area contributed by atoms with Crippen molar-refractivity contribution in [1.82, 2.24) is 5.32 Å². The van der Waals surface area contributed by atoms with Crippen molar-refractivity contribution in [3.8, 4) is 0 Å². The summed E-state index contributed by atoms with van der Waals surface area (Å²) in [7, 11) is 1.91. The van der Waals surface area contributed by atoms with Crippen LogP contribution in [0.5, 0.6) is 0 Å². The first kappa shape index (κ1) is 12.5. The molecule has 15 heavy (non-hydrogen) atoms. The van der Waals surface area contributed by atoms with E-state index in [1.54, 1.807) is 0 Å². The molecule has 1 N–H and O–H groups in total. The molecule has 1 aromatic rings. The molecule has 0 amide bonds. The second-order valence-electron chi connectivity index (χ2n) is 3.75. The molecule has 0 heterocycles. The van der Waals surface area contributed by atoms with Gasteiger partial charge in [-0.2, -0.15) is 0 Å². The van der Waals surface area contributed by atoms with E-state index in [0.29, 0.717) is 0 Å². The fourth-order valence-corrected chi connectivity index (χ4v) is 1.74. The second kappa shape index (κ2) is 6.11. The molecule has 2 nitrogen and oxygen atoms in total. The van der Waals surface area contributed by atoms with Gasteiger partial charge in [0.25, 0.3) is 0 Å². The molecule has 0 saturated heterocycles. The molecule has 0 aliphatic carbocycles. The van der Waals surface area contributed by atoms with Crippen molar-refractivity contribution in [1.29, 1.82) is 0 Å². The highest BCUT2D eigenvalue weighted by Crippen LogP contribution is 2.25. The lowest BCUT2D eigenvalue weighted by Gasteiger charge is -2.21. The standard InChI is InChI=1S/C12H18ClNO/c1-9(2)15-12(8-14-3)10-6-4-5-7-11(10)13/h4-7,9,12,14H,8H2,1-3H3/t12-/m1/s1. The van der Waals surface area contributed by atoms with Crippen LogP contribution in [0.1, 0.15) is 25.5 Å². The Kier molecular flexibility index (Phi) is 5.09. The predicted molar refractivity (Wildman–Crippen MR) is 64.3 cm³/mol. The van der Waals surface area contributed by atoms with Gasteiger partial charge in [-0.05, 0) is 27.0 Å². The maximum absolute atomic E-state index is 6.13. The van der Waals surface area contributed by atoms with Gasteiger partial charge in [0.1, 0.15) is 0 Å². The Hall–Kier alpha value is -0.570. The highest BCUT2D eigenvalue weighted by atomic mass is 35.5. The van der Waals surface area contributed by atoms with Crippen molar-refractivity contribution in [2.24, 2.45) is 0 Å². The van der Waals surface area contributed by atoms with Gasteiger partial charge in [-0.15, -0.1) is 0 Å². The first-order chi connectivity index (χ1) is 7.15. The van der Waals surface area contributed by atoms with Crippen molar-refractivity contribution in [2.75, 3.05) is 13.6 Å². The van der Waals surface area contributed by atoms with Gasteiger partial charge in [0.15, 0.2) is 0 Å². The molecular weight excluding hydrogens is 210 g/mol. The third kappa shape index (κ3) is 3.82. The summed E-state index contributed by atoms with van der Waals surface area (Å²) in [5.41, 5.74) is 1.04. The van der Waals surface area contributed by atoms with Gasteiger partial charge in [0.2, 0.25) is 0 Å². The Balaban J connectivity index is 2.83. The minimum atomic E-state index is 0.0173. The second-order valence-corrected chi connectivity index (χ2v) is 4.16. The fraction of sp³-hybridized carbons (Fsp3) is 0.500. The molecule has 0 fully saturated rings. The van der Waals surface area contributed by atoms with Crippen LogP contribution in [0.2, 0.25) is 5.02 Å². The summed E-state index contributed by atoms with van der Waals surface area (Å²) >= 11 is 6.13. The van der Waals surface area contributed by atoms with Gasteiger partial charge < -0.3 is 10.1 Å². The largest absolute Gasteiger partial charge is 0.369 e. The Morgan fingerprint density at radius 1 is 1.33 bits per heavy atom. The van der Waals surface area contributed by atoms with Gasteiger partial charge in [0, 0.05) is 17.1 Å². The van der Waals surface area contributed by atoms with Crippen LogP contribution in [-0.4, -0.2) is 19.7 Å². The molecule has 0 saturated carbocycles. The Bertz CT molecular complexity index is 301. The molecule has 0 aliphatic heterocycles. The van der Waals surface area contributed by atoms with Gasteiger partial charge in [-0.3, -0.25) is 0 Å². The summed E-state index contributed by atoms with van der Waals surface area (Å²) in [5.74, 6) is 0. The van der Waals surface area contributed by atoms with E-state index in [0.717, 1.165) is 17.1 Å². The maximum Gasteiger partial charge on any atom is 0.0966 e. The molecule has 0 aliphatic rings. The van der Waals surface area contributed by atoms with E-state index in [4.69, 9.17) is 16.3 Å². The van der Waals surface area contributed by atoms with Gasteiger partial charge in [-0.1, -0.05) is 29.8 Å². The minimum absolute atomic E-state index is 0.0173. The van der Waals surface area contributed by atoms with E-state index in [1.165, 1.54) is 0 Å². The van der Waals surface area contributed by atoms with Crippen LogP contribution < -0.4 is 5.32 Å². The van der Waals surface area contributed by atoms with Gasteiger partial charge in [-0.25, -0.2) is 0 Å². The first-order valence-electron chi connectivity index (χ1n) is 5.19. The number of benzene rings is 1. The third-order valence-corrected chi connectivity index (χ3v) is 2.42. The van der Waals surface area contributed by atoms with Crippen LogP contribution in [-0.2, 0) is 4.74 Å². The number of ether oxygens (including phenoxy) is 1. The molecule has 1 rings (SSSR count). The van der Waals surface area contributed by atoms with Crippen LogP contribution in [0.4, 0.5) is 0 Å². The molecular formula is C12H18ClNO. The van der Waals surface area contributed by atoms with Crippen molar-refractivity contribution in [3.05, 3.63) is 34.9 Å². The summed E-state index contributed by atoms with van der Waals surface area (Å²) in [5, 5.41) is 3.88. The number of nitrogens with one attached hydrogen (secondary N) is 1. The number of likely N-dealkylation sites (N-methyl/N-ethyl adjacent to an activating group) is 1. The van der Waals surface area contributed by atoms with Crippen molar-refractivity contribution in [3.63, 3.8) is 0 Å². The molecule has 0 radical (unpaired) electrons. The zero-order valence-electron chi connectivity index (χ0n) is 9.46. The summed E-state index contributed by atoms with van der Waals surface area (Å²) in [4.78, 5) is 0. The number of hydrogen-bond donors (Lipinski definition) is 1. The molecule has 1 aromatic carbocycles. The smallest absolute Gasteiger partial charge is 0.0966 e. The first-order valence-corrected chi connectivity index (χ1v) is 5.57. The van der Waals surface area contributed by atoms with Crippen molar-refractivity contribution in [2.45, 2.75) is 26.1 Å². The Morgan fingerprint density at radius 2 is 2.00 bits per heavy atom. The fourth-order valence-electron chi connectivity index (χ4n) is 1.48. The Morgan fingerprint density at radius 3 is 2.53 bits per heavy atom. The van der Waals surface area contributed by atoms with Gasteiger partial charge in [0.05, 0.1) is 12.2 Å². The third-order valence-electron chi connectivity index (χ3n) is 2.08. The lowest BCUT2D eigenvalue weighted by molar-refractivity contribution is 0.00820. The van der Waals surface area contributed by atoms with Crippen LogP contribution in [0.15, 0.2) is 24.3 Å². The van der Waals surface area contributed by atoms with E-state index in [-0.39, 0.29) is 12.2 Å². The average Bonchev–Trinajstić information content (AvgIpc) is 2.17. The summed E-state index contributed by atoms with van der Waals surface area (Å²) in [6.45, 7) is 4.82. The van der Waals surface area contributed by atoms with E-state index in [2.05, 4.69) is 5.32 Å². The minimum Gasteiger partial charge on any atom is -0.369 e. The highest BCUT2D eigenvalue weighted by Gasteiger charge is 2.15. The van der Waals surface area contributed by atoms with E-state index in [9.17, 15) is 0 Å². The monoisotopic (exact) mass is 227 g/mol. The molecule has 0 bridgehead atoms. The predicted octanol–water partition coefficient (Wildman–Crippen LogP) is 3.03. The number of rotatable bonds is 5. The van der Waals surface area contributed by atoms with E-state index >= 15 is 0 Å². The average molecular weight is 228 g/mol. The zero-order chi connectivity index (χ0) is 11.3. The quantitative estimate of drug-likeness (QED) is 0.835. The SMILES string of the molecule is CNC[C@@H](OC(C)C)c1ccccc1Cl. The van der Waals surface area contributed by atoms with Crippen LogP contribution >= 0.6 is 11.6 Å². The number of halogens is 1. The molecule has 0 aromatic heterocycles. The zero-order valence-corrected chi connectivity index (χ0v) is 10.2. The summed E-state index contributed by atoms with van der Waals surface area (Å²) < 4.78 is 5.81. The van der Waals surface area contributed by atoms with Crippen LogP contribution in [0.3, 0.4) is 0 Å². The molecule has 0 unspecified atom stereocenters. The number of hydrogen-bond acceptors (Lipinski definition) is 2. The molecule has 1 atom stereocenters.